The first kappa shape index (κ1) is 23.4. The van der Waals surface area contributed by atoms with Gasteiger partial charge in [-0.3, -0.25) is 4.90 Å². The van der Waals surface area contributed by atoms with Crippen molar-refractivity contribution >= 4 is 28.9 Å². The summed E-state index contributed by atoms with van der Waals surface area (Å²) in [6.45, 7) is 11.9. The summed E-state index contributed by atoms with van der Waals surface area (Å²) in [6.07, 6.45) is 2.50. The molecule has 0 saturated carbocycles. The van der Waals surface area contributed by atoms with Crippen molar-refractivity contribution in [2.45, 2.75) is 46.2 Å². The third-order valence-corrected chi connectivity index (χ3v) is 6.01. The Kier molecular flexibility index (Phi) is 8.47. The van der Waals surface area contributed by atoms with E-state index in [9.17, 15) is 0 Å². The minimum absolute atomic E-state index is 0.158. The van der Waals surface area contributed by atoms with Crippen LogP contribution >= 0.6 is 23.2 Å². The highest BCUT2D eigenvalue weighted by Crippen LogP contribution is 2.35. The number of hydrogen-bond acceptors (Lipinski definition) is 3. The van der Waals surface area contributed by atoms with Gasteiger partial charge >= 0.3 is 0 Å². The fourth-order valence-corrected chi connectivity index (χ4v) is 4.60. The van der Waals surface area contributed by atoms with Gasteiger partial charge < -0.3 is 9.64 Å². The smallest absolute Gasteiger partial charge is 0.0748 e. The molecule has 2 aromatic carbocycles. The zero-order chi connectivity index (χ0) is 21.6. The predicted molar refractivity (Wildman–Crippen MR) is 129 cm³/mol. The Hall–Kier alpha value is -1.26. The average Bonchev–Trinajstić information content (AvgIpc) is 3.21. The Morgan fingerprint density at radius 2 is 1.60 bits per heavy atom. The van der Waals surface area contributed by atoms with E-state index in [1.807, 2.05) is 24.3 Å². The van der Waals surface area contributed by atoms with E-state index in [0.717, 1.165) is 38.5 Å². The first-order valence-corrected chi connectivity index (χ1v) is 11.6. The van der Waals surface area contributed by atoms with Gasteiger partial charge in [0.05, 0.1) is 35.0 Å². The number of benzene rings is 2. The average molecular weight is 449 g/mol. The zero-order valence-electron chi connectivity index (χ0n) is 18.4. The lowest BCUT2D eigenvalue weighted by Gasteiger charge is -2.35. The van der Waals surface area contributed by atoms with Crippen LogP contribution in [0.1, 0.15) is 39.2 Å². The maximum atomic E-state index is 6.63. The largest absolute Gasteiger partial charge is 0.379 e. The highest BCUT2D eigenvalue weighted by molar-refractivity contribution is 6.39. The third-order valence-electron chi connectivity index (χ3n) is 5.40. The minimum atomic E-state index is 0.158. The Morgan fingerprint density at radius 1 is 0.967 bits per heavy atom. The Labute approximate surface area is 191 Å². The van der Waals surface area contributed by atoms with Crippen molar-refractivity contribution in [3.8, 4) is 0 Å². The summed E-state index contributed by atoms with van der Waals surface area (Å²) in [7, 11) is 0. The highest BCUT2D eigenvalue weighted by atomic mass is 35.5. The van der Waals surface area contributed by atoms with Gasteiger partial charge in [-0.2, -0.15) is 0 Å². The van der Waals surface area contributed by atoms with E-state index in [-0.39, 0.29) is 5.41 Å². The van der Waals surface area contributed by atoms with E-state index < -0.39 is 0 Å². The lowest BCUT2D eigenvalue weighted by Crippen LogP contribution is -2.46. The molecule has 0 spiro atoms. The molecule has 3 rings (SSSR count). The van der Waals surface area contributed by atoms with E-state index in [4.69, 9.17) is 27.9 Å². The molecule has 1 fully saturated rings. The van der Waals surface area contributed by atoms with E-state index >= 15 is 0 Å². The summed E-state index contributed by atoms with van der Waals surface area (Å²) < 4.78 is 6.19. The van der Waals surface area contributed by atoms with Gasteiger partial charge in [0, 0.05) is 13.1 Å². The molecule has 0 radical (unpaired) electrons. The van der Waals surface area contributed by atoms with Gasteiger partial charge in [-0.1, -0.05) is 80.4 Å². The molecule has 1 unspecified atom stereocenters. The van der Waals surface area contributed by atoms with Crippen LogP contribution in [0.25, 0.3) is 0 Å². The second-order valence-electron chi connectivity index (χ2n) is 9.41. The van der Waals surface area contributed by atoms with Crippen molar-refractivity contribution in [1.82, 2.24) is 4.90 Å². The van der Waals surface area contributed by atoms with Crippen LogP contribution < -0.4 is 4.90 Å². The van der Waals surface area contributed by atoms with Crippen LogP contribution in [0.5, 0.6) is 0 Å². The van der Waals surface area contributed by atoms with Crippen LogP contribution in [0.4, 0.5) is 5.69 Å². The van der Waals surface area contributed by atoms with Crippen molar-refractivity contribution in [2.75, 3.05) is 37.7 Å². The molecule has 0 bridgehead atoms. The fraction of sp³-hybridized carbons (Fsp3) is 0.520. The Bertz CT molecular complexity index is 765. The quantitative estimate of drug-likeness (QED) is 0.433. The number of hydrogen-bond donors (Lipinski definition) is 0. The van der Waals surface area contributed by atoms with E-state index in [2.05, 4.69) is 54.8 Å². The predicted octanol–water partition coefficient (Wildman–Crippen LogP) is 6.53. The summed E-state index contributed by atoms with van der Waals surface area (Å²) >= 11 is 13.3. The fourth-order valence-electron chi connectivity index (χ4n) is 3.97. The molecular formula is C25H34Cl2N2O. The van der Waals surface area contributed by atoms with Crippen LogP contribution in [0, 0.1) is 5.41 Å². The molecule has 1 heterocycles. The zero-order valence-corrected chi connectivity index (χ0v) is 19.9. The topological polar surface area (TPSA) is 15.7 Å². The van der Waals surface area contributed by atoms with Gasteiger partial charge in [-0.05, 0) is 49.0 Å². The summed E-state index contributed by atoms with van der Waals surface area (Å²) in [6, 6.07) is 16.5. The number of anilines is 1. The van der Waals surface area contributed by atoms with Crippen LogP contribution in [0.2, 0.25) is 10.0 Å². The molecule has 3 nitrogen and oxygen atoms in total. The van der Waals surface area contributed by atoms with Gasteiger partial charge in [-0.25, -0.2) is 0 Å². The van der Waals surface area contributed by atoms with Gasteiger partial charge in [0.25, 0.3) is 0 Å². The lowest BCUT2D eigenvalue weighted by molar-refractivity contribution is 0.0318. The molecule has 5 heteroatoms. The number of rotatable bonds is 9. The first-order chi connectivity index (χ1) is 14.3. The van der Waals surface area contributed by atoms with Gasteiger partial charge in [0.1, 0.15) is 0 Å². The van der Waals surface area contributed by atoms with Gasteiger partial charge in [0.15, 0.2) is 0 Å². The third kappa shape index (κ3) is 6.88. The maximum Gasteiger partial charge on any atom is 0.0748 e. The standard InChI is InChI=1S/C25H34Cl2N2O/c1-25(2,3)19-30-18-21(28-14-7-8-15-28)17-29(16-20-10-5-4-6-11-20)24-22(26)12-9-13-23(24)27/h4-6,9-13,21H,7-8,14-19H2,1-3H3. The van der Waals surface area contributed by atoms with Crippen molar-refractivity contribution in [3.05, 3.63) is 64.1 Å². The SMILES string of the molecule is CC(C)(C)COCC(CN(Cc1ccccc1)c1c(Cl)cccc1Cl)N1CCCC1. The molecule has 0 N–H and O–H groups in total. The van der Waals surface area contributed by atoms with Crippen LogP contribution in [0.3, 0.4) is 0 Å². The van der Waals surface area contributed by atoms with Crippen molar-refractivity contribution < 1.29 is 4.74 Å². The molecule has 164 valence electrons. The molecule has 2 aromatic rings. The number of halogens is 2. The molecule has 1 saturated heterocycles. The van der Waals surface area contributed by atoms with E-state index in [1.165, 1.54) is 18.4 Å². The van der Waals surface area contributed by atoms with Crippen LogP contribution in [0.15, 0.2) is 48.5 Å². The van der Waals surface area contributed by atoms with Crippen molar-refractivity contribution in [3.63, 3.8) is 0 Å². The van der Waals surface area contributed by atoms with E-state index in [1.54, 1.807) is 0 Å². The molecule has 1 aliphatic heterocycles. The maximum absolute atomic E-state index is 6.63. The normalized spacial score (nSPS) is 16.0. The monoisotopic (exact) mass is 448 g/mol. The van der Waals surface area contributed by atoms with Crippen LogP contribution in [-0.4, -0.2) is 43.8 Å². The van der Waals surface area contributed by atoms with Crippen LogP contribution in [-0.2, 0) is 11.3 Å². The van der Waals surface area contributed by atoms with Gasteiger partial charge in [-0.15, -0.1) is 0 Å². The summed E-state index contributed by atoms with van der Waals surface area (Å²) in [5.41, 5.74) is 2.31. The van der Waals surface area contributed by atoms with Crippen molar-refractivity contribution in [2.24, 2.45) is 5.41 Å². The Balaban J connectivity index is 1.84. The first-order valence-electron chi connectivity index (χ1n) is 10.9. The minimum Gasteiger partial charge on any atom is -0.379 e. The molecule has 0 aromatic heterocycles. The molecule has 0 aliphatic carbocycles. The van der Waals surface area contributed by atoms with Gasteiger partial charge in [0.2, 0.25) is 0 Å². The lowest BCUT2D eigenvalue weighted by atomic mass is 9.99. The molecule has 1 aliphatic rings. The Morgan fingerprint density at radius 3 is 2.20 bits per heavy atom. The summed E-state index contributed by atoms with van der Waals surface area (Å²) in [4.78, 5) is 4.88. The number of para-hydroxylation sites is 1. The van der Waals surface area contributed by atoms with Crippen molar-refractivity contribution in [1.29, 1.82) is 0 Å². The highest BCUT2D eigenvalue weighted by Gasteiger charge is 2.27. The molecule has 1 atom stereocenters. The summed E-state index contributed by atoms with van der Waals surface area (Å²) in [5.74, 6) is 0. The number of nitrogens with zero attached hydrogens (tertiary/aromatic N) is 2. The molecular weight excluding hydrogens is 415 g/mol. The second kappa shape index (κ2) is 10.9. The number of ether oxygens (including phenoxy) is 1. The second-order valence-corrected chi connectivity index (χ2v) is 10.2. The van der Waals surface area contributed by atoms with E-state index in [0.29, 0.717) is 22.7 Å². The molecule has 30 heavy (non-hydrogen) atoms. The summed E-state index contributed by atoms with van der Waals surface area (Å²) in [5, 5.41) is 1.38. The number of likely N-dealkylation sites (tertiary alicyclic amines) is 1. The molecule has 0 amide bonds.